The molecular formula is C11H24N2O2. The highest BCUT2D eigenvalue weighted by molar-refractivity contribution is 4.97. The molecule has 0 aromatic carbocycles. The van der Waals surface area contributed by atoms with Gasteiger partial charge >= 0.3 is 0 Å². The summed E-state index contributed by atoms with van der Waals surface area (Å²) in [5.41, 5.74) is 2.46. The van der Waals surface area contributed by atoms with Gasteiger partial charge in [-0.25, -0.2) is 5.48 Å². The molecule has 1 rings (SSSR count). The van der Waals surface area contributed by atoms with Crippen molar-refractivity contribution in [2.24, 2.45) is 0 Å². The zero-order valence-corrected chi connectivity index (χ0v) is 10.3. The molecule has 4 heteroatoms. The largest absolute Gasteiger partial charge is 0.377 e. The second kappa shape index (κ2) is 5.80. The van der Waals surface area contributed by atoms with E-state index in [9.17, 15) is 0 Å². The molecule has 4 nitrogen and oxygen atoms in total. The molecule has 0 aliphatic heterocycles. The first kappa shape index (κ1) is 12.9. The van der Waals surface area contributed by atoms with Gasteiger partial charge in [0.15, 0.2) is 0 Å². The topological polar surface area (TPSA) is 42.5 Å². The summed E-state index contributed by atoms with van der Waals surface area (Å²) in [6.45, 7) is 7.15. The lowest BCUT2D eigenvalue weighted by atomic mass is 10.2. The van der Waals surface area contributed by atoms with Crippen LogP contribution in [0, 0.1) is 0 Å². The summed E-state index contributed by atoms with van der Waals surface area (Å²) in [7, 11) is 1.79. The lowest BCUT2D eigenvalue weighted by molar-refractivity contribution is -0.112. The van der Waals surface area contributed by atoms with Crippen LogP contribution >= 0.6 is 0 Å². The molecule has 0 saturated heterocycles. The number of hydroxylamine groups is 1. The van der Waals surface area contributed by atoms with Crippen molar-refractivity contribution in [3.05, 3.63) is 0 Å². The van der Waals surface area contributed by atoms with Gasteiger partial charge in [-0.3, -0.25) is 10.2 Å². The van der Waals surface area contributed by atoms with E-state index in [4.69, 9.17) is 9.57 Å². The van der Waals surface area contributed by atoms with Crippen molar-refractivity contribution < 1.29 is 9.57 Å². The molecule has 90 valence electrons. The van der Waals surface area contributed by atoms with Crippen LogP contribution in [0.4, 0.5) is 0 Å². The van der Waals surface area contributed by atoms with E-state index >= 15 is 0 Å². The molecule has 15 heavy (non-hydrogen) atoms. The lowest BCUT2D eigenvalue weighted by Gasteiger charge is -2.29. The van der Waals surface area contributed by atoms with Gasteiger partial charge in [-0.1, -0.05) is 13.8 Å². The van der Waals surface area contributed by atoms with Crippen LogP contribution in [-0.2, 0) is 9.57 Å². The van der Waals surface area contributed by atoms with Gasteiger partial charge in [0, 0.05) is 19.7 Å². The monoisotopic (exact) mass is 216 g/mol. The predicted molar refractivity (Wildman–Crippen MR) is 60.4 cm³/mol. The Balaban J connectivity index is 2.23. The Morgan fingerprint density at radius 3 is 2.67 bits per heavy atom. The highest BCUT2D eigenvalue weighted by atomic mass is 16.7. The van der Waals surface area contributed by atoms with Gasteiger partial charge < -0.3 is 4.74 Å². The van der Waals surface area contributed by atoms with Crippen LogP contribution in [0.1, 0.15) is 40.0 Å². The Morgan fingerprint density at radius 1 is 1.40 bits per heavy atom. The van der Waals surface area contributed by atoms with Gasteiger partial charge in [-0.15, -0.1) is 0 Å². The number of nitrogens with one attached hydrogen (secondary N) is 2. The summed E-state index contributed by atoms with van der Waals surface area (Å²) < 4.78 is 5.64. The molecule has 0 aromatic rings. The van der Waals surface area contributed by atoms with Crippen molar-refractivity contribution >= 4 is 0 Å². The fourth-order valence-electron chi connectivity index (χ4n) is 1.60. The SMILES string of the molecule is CCCOC1CC1NC(C)(CC)ONC. The van der Waals surface area contributed by atoms with E-state index in [0.717, 1.165) is 25.9 Å². The van der Waals surface area contributed by atoms with Crippen molar-refractivity contribution in [1.29, 1.82) is 0 Å². The first-order valence-corrected chi connectivity index (χ1v) is 5.89. The number of rotatable bonds is 8. The molecule has 3 unspecified atom stereocenters. The van der Waals surface area contributed by atoms with Crippen LogP contribution < -0.4 is 10.8 Å². The molecule has 0 spiro atoms. The van der Waals surface area contributed by atoms with E-state index in [1.165, 1.54) is 0 Å². The Labute approximate surface area is 92.7 Å². The minimum atomic E-state index is -0.288. The molecule has 0 amide bonds. The zero-order chi connectivity index (χ0) is 11.3. The number of ether oxygens (including phenoxy) is 1. The lowest BCUT2D eigenvalue weighted by Crippen LogP contribution is -2.49. The maximum absolute atomic E-state index is 5.64. The quantitative estimate of drug-likeness (QED) is 0.476. The van der Waals surface area contributed by atoms with Crippen LogP contribution in [0.5, 0.6) is 0 Å². The van der Waals surface area contributed by atoms with Crippen molar-refractivity contribution in [3.8, 4) is 0 Å². The molecule has 0 aromatic heterocycles. The van der Waals surface area contributed by atoms with Gasteiger partial charge in [0.05, 0.1) is 6.10 Å². The van der Waals surface area contributed by atoms with Crippen LogP contribution in [-0.4, -0.2) is 31.5 Å². The fraction of sp³-hybridized carbons (Fsp3) is 1.00. The molecule has 0 radical (unpaired) electrons. The van der Waals surface area contributed by atoms with E-state index in [-0.39, 0.29) is 5.72 Å². The van der Waals surface area contributed by atoms with Crippen molar-refractivity contribution in [2.45, 2.75) is 57.9 Å². The molecule has 1 aliphatic carbocycles. The van der Waals surface area contributed by atoms with E-state index in [0.29, 0.717) is 12.1 Å². The van der Waals surface area contributed by atoms with E-state index in [1.807, 2.05) is 0 Å². The van der Waals surface area contributed by atoms with Gasteiger partial charge in [0.1, 0.15) is 5.72 Å². The normalized spacial score (nSPS) is 28.8. The van der Waals surface area contributed by atoms with E-state index < -0.39 is 0 Å². The molecule has 1 aliphatic rings. The predicted octanol–water partition coefficient (Wildman–Crippen LogP) is 1.42. The molecule has 1 fully saturated rings. The third-order valence-corrected chi connectivity index (χ3v) is 2.76. The second-order valence-corrected chi connectivity index (χ2v) is 4.29. The molecule has 2 N–H and O–H groups in total. The second-order valence-electron chi connectivity index (χ2n) is 4.29. The standard InChI is InChI=1S/C11H24N2O2/c1-5-7-14-10-8-9(10)13-11(3,6-2)15-12-4/h9-10,12-13H,5-8H2,1-4H3. The Bertz CT molecular complexity index is 189. The van der Waals surface area contributed by atoms with Crippen molar-refractivity contribution in [3.63, 3.8) is 0 Å². The molecule has 0 bridgehead atoms. The molecular weight excluding hydrogens is 192 g/mol. The Kier molecular flexibility index (Phi) is 4.99. The number of hydrogen-bond acceptors (Lipinski definition) is 4. The summed E-state index contributed by atoms with van der Waals surface area (Å²) in [5, 5.41) is 3.47. The molecule has 1 saturated carbocycles. The third-order valence-electron chi connectivity index (χ3n) is 2.76. The van der Waals surface area contributed by atoms with E-state index in [1.54, 1.807) is 7.05 Å². The summed E-state index contributed by atoms with van der Waals surface area (Å²) >= 11 is 0. The highest BCUT2D eigenvalue weighted by Crippen LogP contribution is 2.28. The Morgan fingerprint density at radius 2 is 2.13 bits per heavy atom. The molecule has 3 atom stereocenters. The minimum absolute atomic E-state index is 0.288. The number of hydrogen-bond donors (Lipinski definition) is 2. The summed E-state index contributed by atoms with van der Waals surface area (Å²) in [5.74, 6) is 0. The van der Waals surface area contributed by atoms with Gasteiger partial charge in [0.25, 0.3) is 0 Å². The maximum Gasteiger partial charge on any atom is 0.137 e. The summed E-state index contributed by atoms with van der Waals surface area (Å²) in [6, 6.07) is 0.454. The van der Waals surface area contributed by atoms with Crippen LogP contribution in [0.25, 0.3) is 0 Å². The summed E-state index contributed by atoms with van der Waals surface area (Å²) in [4.78, 5) is 5.47. The summed E-state index contributed by atoms with van der Waals surface area (Å²) in [6.07, 6.45) is 3.49. The smallest absolute Gasteiger partial charge is 0.137 e. The highest BCUT2D eigenvalue weighted by Gasteiger charge is 2.42. The van der Waals surface area contributed by atoms with Crippen LogP contribution in [0.2, 0.25) is 0 Å². The minimum Gasteiger partial charge on any atom is -0.377 e. The first-order valence-electron chi connectivity index (χ1n) is 5.89. The van der Waals surface area contributed by atoms with Gasteiger partial charge in [0.2, 0.25) is 0 Å². The fourth-order valence-corrected chi connectivity index (χ4v) is 1.60. The van der Waals surface area contributed by atoms with Gasteiger partial charge in [-0.05, 0) is 26.2 Å². The van der Waals surface area contributed by atoms with Crippen molar-refractivity contribution in [1.82, 2.24) is 10.8 Å². The average Bonchev–Trinajstić information content (AvgIpc) is 2.93. The molecule has 0 heterocycles. The average molecular weight is 216 g/mol. The van der Waals surface area contributed by atoms with Crippen LogP contribution in [0.3, 0.4) is 0 Å². The Hall–Kier alpha value is -0.160. The van der Waals surface area contributed by atoms with Crippen molar-refractivity contribution in [2.75, 3.05) is 13.7 Å². The van der Waals surface area contributed by atoms with Crippen LogP contribution in [0.15, 0.2) is 0 Å². The van der Waals surface area contributed by atoms with Gasteiger partial charge in [-0.2, -0.15) is 0 Å². The van der Waals surface area contributed by atoms with E-state index in [2.05, 4.69) is 31.6 Å². The third kappa shape index (κ3) is 4.07. The first-order chi connectivity index (χ1) is 7.15. The zero-order valence-electron chi connectivity index (χ0n) is 10.3. The maximum atomic E-state index is 5.64.